The Morgan fingerprint density at radius 1 is 0.500 bits per heavy atom. The summed E-state index contributed by atoms with van der Waals surface area (Å²) in [6, 6.07) is 33.4. The fraction of sp³-hybridized carbons (Fsp3) is 0.118. The van der Waals surface area contributed by atoms with Crippen molar-refractivity contribution in [3.8, 4) is 11.5 Å². The molecular weight excluding hydrogens is 564 g/mol. The summed E-state index contributed by atoms with van der Waals surface area (Å²) in [5.41, 5.74) is 1.36. The van der Waals surface area contributed by atoms with Gasteiger partial charge in [0.1, 0.15) is 24.7 Å². The van der Waals surface area contributed by atoms with Crippen LogP contribution in [0.2, 0.25) is 0 Å². The molecule has 2 amide bonds. The van der Waals surface area contributed by atoms with Crippen molar-refractivity contribution in [2.45, 2.75) is 12.1 Å². The Morgan fingerprint density at radius 2 is 0.818 bits per heavy atom. The summed E-state index contributed by atoms with van der Waals surface area (Å²) < 4.78 is 21.1. The van der Waals surface area contributed by atoms with E-state index in [2.05, 4.69) is 10.6 Å². The molecule has 0 saturated heterocycles. The predicted octanol–water partition coefficient (Wildman–Crippen LogP) is 5.69. The van der Waals surface area contributed by atoms with E-state index in [1.807, 2.05) is 12.1 Å². The van der Waals surface area contributed by atoms with E-state index in [1.165, 1.54) is 0 Å². The average Bonchev–Trinajstić information content (AvgIpc) is 3.05. The molecule has 0 radical (unpaired) electrons. The van der Waals surface area contributed by atoms with Gasteiger partial charge < -0.3 is 29.6 Å². The number of benzene rings is 4. The van der Waals surface area contributed by atoms with Gasteiger partial charge in [0.25, 0.3) is 0 Å². The number of nitrogens with one attached hydrogen (secondary N) is 2. The SMILES string of the molecule is O=C(/C=C/C(=O)OC[C@H](NC(=O)Oc1ccccc1)c1ccccc1)OC[C@H](NC(=O)Oc1ccccc1)c1ccccc1. The quantitative estimate of drug-likeness (QED) is 0.158. The molecule has 2 N–H and O–H groups in total. The van der Waals surface area contributed by atoms with Crippen LogP contribution in [0.3, 0.4) is 0 Å². The van der Waals surface area contributed by atoms with E-state index >= 15 is 0 Å². The fourth-order valence-electron chi connectivity index (χ4n) is 3.91. The zero-order chi connectivity index (χ0) is 31.0. The topological polar surface area (TPSA) is 129 Å². The van der Waals surface area contributed by atoms with Crippen LogP contribution in [0.15, 0.2) is 133 Å². The van der Waals surface area contributed by atoms with Crippen molar-refractivity contribution in [2.24, 2.45) is 0 Å². The van der Waals surface area contributed by atoms with Crippen LogP contribution in [0.25, 0.3) is 0 Å². The van der Waals surface area contributed by atoms with Gasteiger partial charge >= 0.3 is 24.1 Å². The third-order valence-corrected chi connectivity index (χ3v) is 6.04. The largest absolute Gasteiger partial charge is 0.460 e. The number of hydrogen-bond donors (Lipinski definition) is 2. The summed E-state index contributed by atoms with van der Waals surface area (Å²) in [5, 5.41) is 5.36. The van der Waals surface area contributed by atoms with Crippen molar-refractivity contribution >= 4 is 24.1 Å². The molecule has 0 heterocycles. The van der Waals surface area contributed by atoms with Crippen molar-refractivity contribution in [1.82, 2.24) is 10.6 Å². The number of rotatable bonds is 12. The smallest absolute Gasteiger partial charge is 0.413 e. The van der Waals surface area contributed by atoms with E-state index in [-0.39, 0.29) is 13.2 Å². The number of carbonyl (C=O) groups excluding carboxylic acids is 4. The monoisotopic (exact) mass is 594 g/mol. The summed E-state index contributed by atoms with van der Waals surface area (Å²) in [7, 11) is 0. The molecule has 10 heteroatoms. The van der Waals surface area contributed by atoms with Gasteiger partial charge in [0.15, 0.2) is 0 Å². The first-order valence-electron chi connectivity index (χ1n) is 13.6. The molecule has 0 spiro atoms. The van der Waals surface area contributed by atoms with E-state index in [9.17, 15) is 19.2 Å². The molecule has 4 rings (SSSR count). The van der Waals surface area contributed by atoms with Gasteiger partial charge in [-0.3, -0.25) is 0 Å². The van der Waals surface area contributed by atoms with Crippen molar-refractivity contribution in [1.29, 1.82) is 0 Å². The third kappa shape index (κ3) is 10.5. The van der Waals surface area contributed by atoms with Gasteiger partial charge in [0.05, 0.1) is 12.1 Å². The minimum absolute atomic E-state index is 0.227. The Balaban J connectivity index is 1.29. The van der Waals surface area contributed by atoms with Crippen LogP contribution in [0, 0.1) is 0 Å². The predicted molar refractivity (Wildman–Crippen MR) is 161 cm³/mol. The lowest BCUT2D eigenvalue weighted by Gasteiger charge is -2.19. The van der Waals surface area contributed by atoms with Crippen LogP contribution in [0.4, 0.5) is 9.59 Å². The molecule has 224 valence electrons. The Labute approximate surface area is 254 Å². The molecule has 0 saturated carbocycles. The molecular formula is C34H30N2O8. The maximum absolute atomic E-state index is 12.5. The Hall–Kier alpha value is -5.90. The van der Waals surface area contributed by atoms with Gasteiger partial charge in [0.2, 0.25) is 0 Å². The van der Waals surface area contributed by atoms with Crippen LogP contribution in [-0.2, 0) is 19.1 Å². The maximum atomic E-state index is 12.5. The van der Waals surface area contributed by atoms with Crippen LogP contribution in [0.1, 0.15) is 23.2 Å². The van der Waals surface area contributed by atoms with Gasteiger partial charge in [-0.2, -0.15) is 0 Å². The van der Waals surface area contributed by atoms with Gasteiger partial charge in [0, 0.05) is 12.2 Å². The summed E-state index contributed by atoms with van der Waals surface area (Å²) in [6.07, 6.45) is 0.381. The zero-order valence-corrected chi connectivity index (χ0v) is 23.5. The lowest BCUT2D eigenvalue weighted by molar-refractivity contribution is -0.141. The molecule has 0 aliphatic carbocycles. The summed E-state index contributed by atoms with van der Waals surface area (Å²) in [5.74, 6) is -0.948. The fourth-order valence-corrected chi connectivity index (χ4v) is 3.91. The first kappa shape index (κ1) is 31.0. The van der Waals surface area contributed by atoms with E-state index < -0.39 is 36.2 Å². The highest BCUT2D eigenvalue weighted by Gasteiger charge is 2.19. The minimum atomic E-state index is -0.828. The molecule has 2 atom stereocenters. The van der Waals surface area contributed by atoms with Crippen LogP contribution in [-0.4, -0.2) is 37.3 Å². The maximum Gasteiger partial charge on any atom is 0.413 e. The number of para-hydroxylation sites is 2. The number of hydrogen-bond acceptors (Lipinski definition) is 8. The molecule has 0 unspecified atom stereocenters. The Bertz CT molecular complexity index is 1410. The molecule has 0 bridgehead atoms. The van der Waals surface area contributed by atoms with Gasteiger partial charge in [-0.15, -0.1) is 0 Å². The summed E-state index contributed by atoms with van der Waals surface area (Å²) in [6.45, 7) is -0.453. The lowest BCUT2D eigenvalue weighted by Crippen LogP contribution is -2.34. The average molecular weight is 595 g/mol. The minimum Gasteiger partial charge on any atom is -0.460 e. The summed E-state index contributed by atoms with van der Waals surface area (Å²) >= 11 is 0. The molecule has 0 aliphatic rings. The van der Waals surface area contributed by atoms with Gasteiger partial charge in [-0.05, 0) is 35.4 Å². The zero-order valence-electron chi connectivity index (χ0n) is 23.5. The Kier molecular flexibility index (Phi) is 11.7. The molecule has 4 aromatic carbocycles. The van der Waals surface area contributed by atoms with Crippen molar-refractivity contribution in [3.05, 3.63) is 145 Å². The Morgan fingerprint density at radius 3 is 1.16 bits per heavy atom. The first-order valence-corrected chi connectivity index (χ1v) is 13.6. The second-order valence-electron chi connectivity index (χ2n) is 9.21. The van der Waals surface area contributed by atoms with Gasteiger partial charge in [-0.1, -0.05) is 97.1 Å². The number of esters is 2. The first-order chi connectivity index (χ1) is 21.5. The van der Waals surface area contributed by atoms with Gasteiger partial charge in [-0.25, -0.2) is 19.2 Å². The highest BCUT2D eigenvalue weighted by Crippen LogP contribution is 2.17. The number of amides is 2. The summed E-state index contributed by atoms with van der Waals surface area (Å²) in [4.78, 5) is 49.7. The van der Waals surface area contributed by atoms with E-state index in [0.717, 1.165) is 12.2 Å². The van der Waals surface area contributed by atoms with Crippen molar-refractivity contribution in [2.75, 3.05) is 13.2 Å². The molecule has 0 fully saturated rings. The van der Waals surface area contributed by atoms with E-state index in [1.54, 1.807) is 109 Å². The highest BCUT2D eigenvalue weighted by atomic mass is 16.6. The van der Waals surface area contributed by atoms with E-state index in [4.69, 9.17) is 18.9 Å². The highest BCUT2D eigenvalue weighted by molar-refractivity contribution is 5.91. The third-order valence-electron chi connectivity index (χ3n) is 6.04. The second-order valence-corrected chi connectivity index (χ2v) is 9.21. The molecule has 0 aliphatic heterocycles. The van der Waals surface area contributed by atoms with Crippen LogP contribution in [0.5, 0.6) is 11.5 Å². The van der Waals surface area contributed by atoms with Crippen LogP contribution >= 0.6 is 0 Å². The lowest BCUT2D eigenvalue weighted by atomic mass is 10.1. The van der Waals surface area contributed by atoms with E-state index in [0.29, 0.717) is 22.6 Å². The molecule has 0 aromatic heterocycles. The standard InChI is InChI=1S/C34H30N2O8/c37-31(41-23-29(25-13-5-1-6-14-25)35-33(39)43-27-17-9-3-10-18-27)21-22-32(38)42-24-30(26-15-7-2-8-16-26)36-34(40)44-28-19-11-4-12-20-28/h1-22,29-30H,23-24H2,(H,35,39)(H,36,40)/b22-21+/t29-,30-/m0/s1. The second kappa shape index (κ2) is 16.5. The normalized spacial score (nSPS) is 11.9. The molecule has 10 nitrogen and oxygen atoms in total. The van der Waals surface area contributed by atoms with Crippen molar-refractivity contribution < 1.29 is 38.1 Å². The molecule has 44 heavy (non-hydrogen) atoms. The van der Waals surface area contributed by atoms with Crippen LogP contribution < -0.4 is 20.1 Å². The van der Waals surface area contributed by atoms with Crippen molar-refractivity contribution in [3.63, 3.8) is 0 Å². The number of ether oxygens (including phenoxy) is 4. The number of carbonyl (C=O) groups is 4. The molecule has 4 aromatic rings.